The van der Waals surface area contributed by atoms with E-state index in [2.05, 4.69) is 10.3 Å². The maximum atomic E-state index is 12.0. The number of carbonyl (C=O) groups is 1. The number of hydrogen-bond donors (Lipinski definition) is 1. The van der Waals surface area contributed by atoms with Crippen LogP contribution in [0.2, 0.25) is 0 Å². The SMILES string of the molecule is O=C(COCC1CCCO1)Nc1nccc2ccc([N+](=O)[O-])cc12. The fraction of sp³-hybridized carbons (Fsp3) is 0.375. The Kier molecular flexibility index (Phi) is 4.97. The summed E-state index contributed by atoms with van der Waals surface area (Å²) >= 11 is 0. The zero-order chi connectivity index (χ0) is 16.9. The van der Waals surface area contributed by atoms with Gasteiger partial charge in [-0.3, -0.25) is 14.9 Å². The molecule has 2 aromatic rings. The predicted molar refractivity (Wildman–Crippen MR) is 86.8 cm³/mol. The number of nitro benzene ring substituents is 1. The van der Waals surface area contributed by atoms with Gasteiger partial charge in [0.1, 0.15) is 12.4 Å². The van der Waals surface area contributed by atoms with E-state index in [1.54, 1.807) is 12.1 Å². The Morgan fingerprint density at radius 1 is 1.46 bits per heavy atom. The summed E-state index contributed by atoms with van der Waals surface area (Å²) in [6.07, 6.45) is 3.54. The highest BCUT2D eigenvalue weighted by atomic mass is 16.6. The van der Waals surface area contributed by atoms with E-state index in [0.717, 1.165) is 24.8 Å². The first-order valence-electron chi connectivity index (χ1n) is 7.66. The quantitative estimate of drug-likeness (QED) is 0.643. The fourth-order valence-electron chi connectivity index (χ4n) is 2.60. The predicted octanol–water partition coefficient (Wildman–Crippen LogP) is 2.28. The van der Waals surface area contributed by atoms with E-state index in [9.17, 15) is 14.9 Å². The third-order valence-electron chi connectivity index (χ3n) is 3.78. The lowest BCUT2D eigenvalue weighted by Gasteiger charge is -2.11. The number of amides is 1. The summed E-state index contributed by atoms with van der Waals surface area (Å²) in [5.41, 5.74) is -0.0550. The molecule has 1 amide bonds. The average Bonchev–Trinajstić information content (AvgIpc) is 3.08. The van der Waals surface area contributed by atoms with Gasteiger partial charge >= 0.3 is 0 Å². The van der Waals surface area contributed by atoms with Crippen molar-refractivity contribution in [2.24, 2.45) is 0 Å². The average molecular weight is 331 g/mol. The second-order valence-corrected chi connectivity index (χ2v) is 5.52. The molecule has 2 heterocycles. The van der Waals surface area contributed by atoms with Gasteiger partial charge in [-0.2, -0.15) is 0 Å². The Balaban J connectivity index is 1.66. The van der Waals surface area contributed by atoms with Crippen molar-refractivity contribution < 1.29 is 19.2 Å². The van der Waals surface area contributed by atoms with E-state index < -0.39 is 4.92 Å². The Morgan fingerprint density at radius 3 is 3.08 bits per heavy atom. The van der Waals surface area contributed by atoms with Crippen molar-refractivity contribution in [2.45, 2.75) is 18.9 Å². The van der Waals surface area contributed by atoms with Crippen LogP contribution >= 0.6 is 0 Å². The van der Waals surface area contributed by atoms with E-state index in [1.165, 1.54) is 18.3 Å². The first-order valence-corrected chi connectivity index (χ1v) is 7.66. The molecule has 24 heavy (non-hydrogen) atoms. The standard InChI is InChI=1S/C16H17N3O5/c20-15(10-23-9-13-2-1-7-24-13)18-16-14-8-12(19(21)22)4-3-11(14)5-6-17-16/h3-6,8,13H,1-2,7,9-10H2,(H,17,18,20). The largest absolute Gasteiger partial charge is 0.376 e. The topological polar surface area (TPSA) is 104 Å². The highest BCUT2D eigenvalue weighted by Crippen LogP contribution is 2.25. The number of carbonyl (C=O) groups excluding carboxylic acids is 1. The van der Waals surface area contributed by atoms with Crippen LogP contribution in [0.1, 0.15) is 12.8 Å². The molecular formula is C16H17N3O5. The van der Waals surface area contributed by atoms with Gasteiger partial charge in [-0.25, -0.2) is 4.98 Å². The highest BCUT2D eigenvalue weighted by Gasteiger charge is 2.16. The van der Waals surface area contributed by atoms with Crippen molar-refractivity contribution in [2.75, 3.05) is 25.1 Å². The van der Waals surface area contributed by atoms with E-state index >= 15 is 0 Å². The summed E-state index contributed by atoms with van der Waals surface area (Å²) in [5.74, 6) is -0.0820. The van der Waals surface area contributed by atoms with Gasteiger partial charge in [0.25, 0.3) is 11.6 Å². The van der Waals surface area contributed by atoms with Gasteiger partial charge in [-0.1, -0.05) is 0 Å². The monoisotopic (exact) mass is 331 g/mol. The molecule has 0 aliphatic carbocycles. The Labute approximate surface area is 137 Å². The Hall–Kier alpha value is -2.58. The molecule has 1 aliphatic rings. The van der Waals surface area contributed by atoms with Gasteiger partial charge in [-0.05, 0) is 30.4 Å². The molecule has 1 unspecified atom stereocenters. The number of nitro groups is 1. The number of hydrogen-bond acceptors (Lipinski definition) is 6. The lowest BCUT2D eigenvalue weighted by Crippen LogP contribution is -2.23. The molecule has 1 fully saturated rings. The maximum absolute atomic E-state index is 12.0. The van der Waals surface area contributed by atoms with Gasteiger partial charge in [0.2, 0.25) is 0 Å². The number of benzene rings is 1. The summed E-state index contributed by atoms with van der Waals surface area (Å²) < 4.78 is 10.8. The lowest BCUT2D eigenvalue weighted by molar-refractivity contribution is -0.384. The fourth-order valence-corrected chi connectivity index (χ4v) is 2.60. The smallest absolute Gasteiger partial charge is 0.270 e. The first kappa shape index (κ1) is 16.3. The molecule has 0 spiro atoms. The number of aromatic nitrogens is 1. The normalized spacial score (nSPS) is 17.1. The minimum Gasteiger partial charge on any atom is -0.376 e. The third-order valence-corrected chi connectivity index (χ3v) is 3.78. The summed E-state index contributed by atoms with van der Waals surface area (Å²) in [4.78, 5) is 26.5. The van der Waals surface area contributed by atoms with Crippen molar-refractivity contribution in [1.29, 1.82) is 0 Å². The second kappa shape index (κ2) is 7.33. The van der Waals surface area contributed by atoms with Crippen molar-refractivity contribution in [1.82, 2.24) is 4.98 Å². The number of non-ortho nitro benzene ring substituents is 1. The Morgan fingerprint density at radius 2 is 2.33 bits per heavy atom. The van der Waals surface area contributed by atoms with Crippen molar-refractivity contribution in [3.8, 4) is 0 Å². The summed E-state index contributed by atoms with van der Waals surface area (Å²) in [6.45, 7) is 0.994. The number of fused-ring (bicyclic) bond motifs is 1. The molecule has 0 radical (unpaired) electrons. The van der Waals surface area contributed by atoms with Crippen LogP contribution in [0.5, 0.6) is 0 Å². The molecule has 1 aromatic heterocycles. The zero-order valence-electron chi connectivity index (χ0n) is 12.9. The molecular weight excluding hydrogens is 314 g/mol. The molecule has 3 rings (SSSR count). The van der Waals surface area contributed by atoms with Crippen LogP contribution in [0, 0.1) is 10.1 Å². The molecule has 8 nitrogen and oxygen atoms in total. The highest BCUT2D eigenvalue weighted by molar-refractivity contribution is 6.01. The number of pyridine rings is 1. The van der Waals surface area contributed by atoms with Crippen LogP contribution in [0.25, 0.3) is 10.8 Å². The molecule has 1 aromatic carbocycles. The van der Waals surface area contributed by atoms with Crippen molar-refractivity contribution in [3.05, 3.63) is 40.6 Å². The van der Waals surface area contributed by atoms with Crippen LogP contribution in [0.4, 0.5) is 11.5 Å². The van der Waals surface area contributed by atoms with Crippen LogP contribution in [0.15, 0.2) is 30.5 Å². The minimum absolute atomic E-state index is 0.0520. The van der Waals surface area contributed by atoms with Gasteiger partial charge < -0.3 is 14.8 Å². The summed E-state index contributed by atoms with van der Waals surface area (Å²) in [6, 6.07) is 6.16. The molecule has 1 saturated heterocycles. The van der Waals surface area contributed by atoms with Gasteiger partial charge in [0, 0.05) is 30.3 Å². The molecule has 1 N–H and O–H groups in total. The van der Waals surface area contributed by atoms with Crippen LogP contribution < -0.4 is 5.32 Å². The van der Waals surface area contributed by atoms with E-state index in [1.807, 2.05) is 0 Å². The molecule has 0 bridgehead atoms. The van der Waals surface area contributed by atoms with Crippen molar-refractivity contribution in [3.63, 3.8) is 0 Å². The van der Waals surface area contributed by atoms with E-state index in [0.29, 0.717) is 12.0 Å². The minimum atomic E-state index is -0.483. The number of anilines is 1. The van der Waals surface area contributed by atoms with Crippen LogP contribution in [0.3, 0.4) is 0 Å². The van der Waals surface area contributed by atoms with E-state index in [-0.39, 0.29) is 30.1 Å². The first-order chi connectivity index (χ1) is 11.6. The molecule has 1 atom stereocenters. The number of nitrogens with one attached hydrogen (secondary N) is 1. The van der Waals surface area contributed by atoms with E-state index in [4.69, 9.17) is 9.47 Å². The molecule has 126 valence electrons. The third kappa shape index (κ3) is 3.84. The number of nitrogens with zero attached hydrogens (tertiary/aromatic N) is 2. The van der Waals surface area contributed by atoms with Gasteiger partial charge in [-0.15, -0.1) is 0 Å². The number of rotatable bonds is 6. The molecule has 0 saturated carbocycles. The Bertz CT molecular complexity index is 758. The van der Waals surface area contributed by atoms with Crippen molar-refractivity contribution >= 4 is 28.2 Å². The zero-order valence-corrected chi connectivity index (χ0v) is 12.9. The number of ether oxygens (including phenoxy) is 2. The maximum Gasteiger partial charge on any atom is 0.270 e. The van der Waals surface area contributed by atoms with Gasteiger partial charge in [0.15, 0.2) is 0 Å². The second-order valence-electron chi connectivity index (χ2n) is 5.52. The molecule has 1 aliphatic heterocycles. The summed E-state index contributed by atoms with van der Waals surface area (Å²) in [7, 11) is 0. The molecule has 8 heteroatoms. The summed E-state index contributed by atoms with van der Waals surface area (Å²) in [5, 5.41) is 14.8. The lowest BCUT2D eigenvalue weighted by atomic mass is 10.1. The van der Waals surface area contributed by atoms with Crippen LogP contribution in [-0.4, -0.2) is 41.7 Å². The van der Waals surface area contributed by atoms with Crippen LogP contribution in [-0.2, 0) is 14.3 Å². The van der Waals surface area contributed by atoms with Gasteiger partial charge in [0.05, 0.1) is 17.6 Å².